The molecule has 7 nitrogen and oxygen atoms in total. The van der Waals surface area contributed by atoms with Crippen LogP contribution in [0.15, 0.2) is 6.07 Å². The van der Waals surface area contributed by atoms with Gasteiger partial charge < -0.3 is 10.6 Å². The first kappa shape index (κ1) is 15.6. The van der Waals surface area contributed by atoms with Gasteiger partial charge in [-0.15, -0.1) is 0 Å². The second-order valence-corrected chi connectivity index (χ2v) is 7.35. The van der Waals surface area contributed by atoms with Gasteiger partial charge in [0, 0.05) is 36.8 Å². The highest BCUT2D eigenvalue weighted by Gasteiger charge is 2.28. The summed E-state index contributed by atoms with van der Waals surface area (Å²) in [7, 11) is 0. The van der Waals surface area contributed by atoms with Crippen molar-refractivity contribution in [3.8, 4) is 0 Å². The van der Waals surface area contributed by atoms with Crippen LogP contribution in [0.1, 0.15) is 60.6 Å². The maximum Gasteiger partial charge on any atom is 0.271 e. The molecule has 0 spiro atoms. The Balaban J connectivity index is 1.20. The van der Waals surface area contributed by atoms with E-state index in [4.69, 9.17) is 0 Å². The van der Waals surface area contributed by atoms with E-state index in [0.29, 0.717) is 24.2 Å². The van der Waals surface area contributed by atoms with Crippen LogP contribution in [0, 0.1) is 0 Å². The first-order valence-corrected chi connectivity index (χ1v) is 9.05. The van der Waals surface area contributed by atoms with E-state index in [9.17, 15) is 9.59 Å². The fourth-order valence-electron chi connectivity index (χ4n) is 3.26. The van der Waals surface area contributed by atoms with Gasteiger partial charge in [0.1, 0.15) is 5.69 Å². The van der Waals surface area contributed by atoms with Gasteiger partial charge in [-0.25, -0.2) is 0 Å². The summed E-state index contributed by atoms with van der Waals surface area (Å²) in [6, 6.07) is 2.47. The minimum atomic E-state index is -0.0944. The fourth-order valence-corrected chi connectivity index (χ4v) is 3.26. The quantitative estimate of drug-likeness (QED) is 0.718. The molecule has 2 amide bonds. The number of aromatic amines is 1. The van der Waals surface area contributed by atoms with Gasteiger partial charge in [0.15, 0.2) is 0 Å². The third-order valence-corrected chi connectivity index (χ3v) is 5.08. The van der Waals surface area contributed by atoms with Crippen molar-refractivity contribution in [2.75, 3.05) is 19.6 Å². The number of carbonyl (C=O) groups excluding carboxylic acids is 2. The normalized spacial score (nSPS) is 22.3. The first-order chi connectivity index (χ1) is 11.7. The van der Waals surface area contributed by atoms with E-state index >= 15 is 0 Å². The molecule has 24 heavy (non-hydrogen) atoms. The van der Waals surface area contributed by atoms with E-state index in [0.717, 1.165) is 44.5 Å². The lowest BCUT2D eigenvalue weighted by molar-refractivity contribution is -0.122. The molecule has 1 aromatic heterocycles. The van der Waals surface area contributed by atoms with Crippen LogP contribution >= 0.6 is 0 Å². The largest absolute Gasteiger partial charge is 0.352 e. The maximum atomic E-state index is 12.3. The highest BCUT2D eigenvalue weighted by molar-refractivity contribution is 5.92. The minimum Gasteiger partial charge on any atom is -0.352 e. The molecule has 130 valence electrons. The Kier molecular flexibility index (Phi) is 4.26. The lowest BCUT2D eigenvalue weighted by Gasteiger charge is -2.31. The molecule has 0 unspecified atom stereocenters. The molecule has 2 saturated carbocycles. The zero-order chi connectivity index (χ0) is 16.5. The summed E-state index contributed by atoms with van der Waals surface area (Å²) < 4.78 is 0. The van der Waals surface area contributed by atoms with Gasteiger partial charge in [-0.05, 0) is 44.6 Å². The van der Waals surface area contributed by atoms with Gasteiger partial charge in [-0.2, -0.15) is 5.10 Å². The molecule has 0 atom stereocenters. The van der Waals surface area contributed by atoms with Gasteiger partial charge in [0.2, 0.25) is 5.91 Å². The number of nitrogens with zero attached hydrogens (tertiary/aromatic N) is 2. The number of piperidine rings is 1. The zero-order valence-electron chi connectivity index (χ0n) is 13.9. The number of hydrogen-bond acceptors (Lipinski definition) is 4. The van der Waals surface area contributed by atoms with Crippen molar-refractivity contribution in [3.05, 3.63) is 17.5 Å². The Morgan fingerprint density at radius 2 is 1.79 bits per heavy atom. The number of nitrogens with one attached hydrogen (secondary N) is 3. The molecule has 0 radical (unpaired) electrons. The highest BCUT2D eigenvalue weighted by atomic mass is 16.2. The summed E-state index contributed by atoms with van der Waals surface area (Å²) in [4.78, 5) is 26.3. The van der Waals surface area contributed by atoms with Crippen LogP contribution in [-0.2, 0) is 4.79 Å². The molecule has 3 N–H and O–H groups in total. The number of amides is 2. The zero-order valence-corrected chi connectivity index (χ0v) is 13.9. The van der Waals surface area contributed by atoms with Crippen LogP contribution in [-0.4, -0.2) is 58.6 Å². The molecule has 1 aromatic rings. The summed E-state index contributed by atoms with van der Waals surface area (Å²) >= 11 is 0. The number of rotatable bonds is 6. The molecule has 2 heterocycles. The predicted octanol–water partition coefficient (Wildman–Crippen LogP) is 0.760. The van der Waals surface area contributed by atoms with E-state index < -0.39 is 0 Å². The Bertz CT molecular complexity index is 612. The molecular formula is C17H25N5O2. The molecular weight excluding hydrogens is 306 g/mol. The number of H-pyrrole nitrogens is 1. The van der Waals surface area contributed by atoms with Crippen molar-refractivity contribution in [2.24, 2.45) is 0 Å². The lowest BCUT2D eigenvalue weighted by Crippen LogP contribution is -2.47. The van der Waals surface area contributed by atoms with Crippen molar-refractivity contribution >= 4 is 11.8 Å². The van der Waals surface area contributed by atoms with Crippen molar-refractivity contribution < 1.29 is 9.59 Å². The molecule has 3 aliphatic rings. The summed E-state index contributed by atoms with van der Waals surface area (Å²) in [5.41, 5.74) is 1.57. The van der Waals surface area contributed by atoms with Crippen LogP contribution in [0.5, 0.6) is 0 Å². The average molecular weight is 331 g/mol. The van der Waals surface area contributed by atoms with Crippen LogP contribution in [0.3, 0.4) is 0 Å². The predicted molar refractivity (Wildman–Crippen MR) is 88.7 cm³/mol. The number of hydrogen-bond donors (Lipinski definition) is 3. The van der Waals surface area contributed by atoms with Crippen molar-refractivity contribution in [3.63, 3.8) is 0 Å². The van der Waals surface area contributed by atoms with Crippen molar-refractivity contribution in [2.45, 2.75) is 56.5 Å². The third kappa shape index (κ3) is 3.95. The maximum absolute atomic E-state index is 12.3. The van der Waals surface area contributed by atoms with Gasteiger partial charge in [-0.1, -0.05) is 0 Å². The van der Waals surface area contributed by atoms with E-state index in [2.05, 4.69) is 25.7 Å². The second kappa shape index (κ2) is 6.55. The second-order valence-electron chi connectivity index (χ2n) is 7.35. The van der Waals surface area contributed by atoms with Gasteiger partial charge in [0.05, 0.1) is 6.54 Å². The number of carbonyl (C=O) groups is 2. The van der Waals surface area contributed by atoms with E-state index in [1.165, 1.54) is 12.8 Å². The standard InChI is InChI=1S/C17H25N5O2/c23-16(18-12-3-4-12)10-22-7-5-13(6-8-22)19-17(24)15-9-14(20-21-15)11-1-2-11/h9,11-13H,1-8,10H2,(H,18,23)(H,19,24)(H,20,21). The Hall–Kier alpha value is -1.89. The van der Waals surface area contributed by atoms with E-state index in [1.54, 1.807) is 0 Å². The van der Waals surface area contributed by atoms with Gasteiger partial charge in [-0.3, -0.25) is 19.6 Å². The average Bonchev–Trinajstić information content (AvgIpc) is 3.50. The Labute approximate surface area is 141 Å². The summed E-state index contributed by atoms with van der Waals surface area (Å²) in [6.07, 6.45) is 6.38. The Morgan fingerprint density at radius 1 is 1.08 bits per heavy atom. The minimum absolute atomic E-state index is 0.0944. The number of aromatic nitrogens is 2. The molecule has 3 fully saturated rings. The smallest absolute Gasteiger partial charge is 0.271 e. The highest BCUT2D eigenvalue weighted by Crippen LogP contribution is 2.38. The van der Waals surface area contributed by atoms with Crippen LogP contribution < -0.4 is 10.6 Å². The molecule has 4 rings (SSSR count). The topological polar surface area (TPSA) is 90.1 Å². The fraction of sp³-hybridized carbons (Fsp3) is 0.706. The molecule has 1 saturated heterocycles. The molecule has 7 heteroatoms. The van der Waals surface area contributed by atoms with Gasteiger partial charge >= 0.3 is 0 Å². The lowest BCUT2D eigenvalue weighted by atomic mass is 10.0. The van der Waals surface area contributed by atoms with E-state index in [1.807, 2.05) is 6.07 Å². The molecule has 1 aliphatic heterocycles. The van der Waals surface area contributed by atoms with Gasteiger partial charge in [0.25, 0.3) is 5.91 Å². The van der Waals surface area contributed by atoms with Crippen LogP contribution in [0.4, 0.5) is 0 Å². The third-order valence-electron chi connectivity index (χ3n) is 5.08. The summed E-state index contributed by atoms with van der Waals surface area (Å²) in [5.74, 6) is 0.608. The van der Waals surface area contributed by atoms with Crippen molar-refractivity contribution in [1.82, 2.24) is 25.7 Å². The summed E-state index contributed by atoms with van der Waals surface area (Å²) in [6.45, 7) is 2.16. The Morgan fingerprint density at radius 3 is 2.46 bits per heavy atom. The molecule has 0 aromatic carbocycles. The SMILES string of the molecule is O=C(CN1CCC(NC(=O)c2cc(C3CC3)[nH]n2)CC1)NC1CC1. The molecule has 2 aliphatic carbocycles. The van der Waals surface area contributed by atoms with Crippen LogP contribution in [0.2, 0.25) is 0 Å². The number of likely N-dealkylation sites (tertiary alicyclic amines) is 1. The molecule has 0 bridgehead atoms. The van der Waals surface area contributed by atoms with E-state index in [-0.39, 0.29) is 17.9 Å². The monoisotopic (exact) mass is 331 g/mol. The first-order valence-electron chi connectivity index (χ1n) is 9.05. The summed E-state index contributed by atoms with van der Waals surface area (Å²) in [5, 5.41) is 13.2. The van der Waals surface area contributed by atoms with Crippen LogP contribution in [0.25, 0.3) is 0 Å². The van der Waals surface area contributed by atoms with Crippen molar-refractivity contribution in [1.29, 1.82) is 0 Å².